The Kier molecular flexibility index (Phi) is 2.65. The van der Waals surface area contributed by atoms with E-state index in [1.165, 1.54) is 12.1 Å². The van der Waals surface area contributed by atoms with Crippen molar-refractivity contribution in [3.8, 4) is 6.07 Å². The lowest BCUT2D eigenvalue weighted by molar-refractivity contribution is 0.629. The number of hydrogen-bond acceptors (Lipinski definition) is 3. The van der Waals surface area contributed by atoms with Crippen LogP contribution in [0.1, 0.15) is 5.56 Å². The van der Waals surface area contributed by atoms with Crippen molar-refractivity contribution >= 4 is 23.1 Å². The fourth-order valence-electron chi connectivity index (χ4n) is 0.716. The van der Waals surface area contributed by atoms with Crippen molar-refractivity contribution in [2.45, 2.75) is 0 Å². The van der Waals surface area contributed by atoms with Gasteiger partial charge in [-0.3, -0.25) is 0 Å². The minimum Gasteiger partial charge on any atom is -0.205 e. The summed E-state index contributed by atoms with van der Waals surface area (Å²) in [4.78, 5) is 3.46. The molecule has 1 aromatic carbocycles. The topological polar surface area (TPSA) is 36.1 Å². The molecule has 12 heavy (non-hydrogen) atoms. The molecule has 0 N–H and O–H groups in total. The lowest BCUT2D eigenvalue weighted by Gasteiger charge is -1.93. The molecule has 0 saturated heterocycles. The lowest BCUT2D eigenvalue weighted by atomic mass is 10.2. The van der Waals surface area contributed by atoms with Gasteiger partial charge in [0.05, 0.1) is 16.8 Å². The van der Waals surface area contributed by atoms with Crippen LogP contribution in [0.25, 0.3) is 0 Å². The standard InChI is InChI=1S/C8H3FN2S/c9-7-3-6(4-10)1-2-8(7)11-5-12/h1-3H. The number of aliphatic imine (C=N–C) groups is 1. The van der Waals surface area contributed by atoms with Gasteiger partial charge in [-0.2, -0.15) is 10.3 Å². The van der Waals surface area contributed by atoms with E-state index in [1.54, 1.807) is 0 Å². The summed E-state index contributed by atoms with van der Waals surface area (Å²) in [5.74, 6) is -0.564. The predicted octanol–water partition coefficient (Wildman–Crippen LogP) is 2.43. The molecule has 0 bridgehead atoms. The summed E-state index contributed by atoms with van der Waals surface area (Å²) in [6.07, 6.45) is 0. The second kappa shape index (κ2) is 3.72. The minimum absolute atomic E-state index is 0.101. The lowest BCUT2D eigenvalue weighted by Crippen LogP contribution is -1.78. The maximum Gasteiger partial charge on any atom is 0.150 e. The maximum absolute atomic E-state index is 12.9. The molecule has 2 nitrogen and oxygen atoms in total. The van der Waals surface area contributed by atoms with Crippen LogP contribution in [0.2, 0.25) is 0 Å². The first-order valence-corrected chi connectivity index (χ1v) is 3.46. The number of thiocarbonyl (C=S) groups is 1. The second-order valence-corrected chi connectivity index (χ2v) is 2.16. The zero-order chi connectivity index (χ0) is 8.97. The van der Waals surface area contributed by atoms with Gasteiger partial charge >= 0.3 is 0 Å². The van der Waals surface area contributed by atoms with E-state index in [0.29, 0.717) is 0 Å². The molecule has 0 heterocycles. The summed E-state index contributed by atoms with van der Waals surface area (Å²) in [7, 11) is 0. The molecule has 0 aromatic heterocycles. The van der Waals surface area contributed by atoms with Crippen molar-refractivity contribution in [3.63, 3.8) is 0 Å². The van der Waals surface area contributed by atoms with Gasteiger partial charge in [-0.25, -0.2) is 4.39 Å². The van der Waals surface area contributed by atoms with Crippen LogP contribution in [0.4, 0.5) is 10.1 Å². The first-order chi connectivity index (χ1) is 5.77. The van der Waals surface area contributed by atoms with Crippen LogP contribution >= 0.6 is 12.2 Å². The molecule has 0 amide bonds. The van der Waals surface area contributed by atoms with Crippen molar-refractivity contribution in [2.75, 3.05) is 0 Å². The van der Waals surface area contributed by atoms with Crippen LogP contribution in [0.3, 0.4) is 0 Å². The van der Waals surface area contributed by atoms with Crippen molar-refractivity contribution in [1.82, 2.24) is 0 Å². The third-order valence-corrected chi connectivity index (χ3v) is 1.33. The summed E-state index contributed by atoms with van der Waals surface area (Å²) in [5, 5.41) is 10.4. The Morgan fingerprint density at radius 1 is 1.50 bits per heavy atom. The Bertz CT molecular complexity index is 389. The summed E-state index contributed by atoms with van der Waals surface area (Å²) in [5.41, 5.74) is 0.361. The minimum atomic E-state index is -0.564. The van der Waals surface area contributed by atoms with Gasteiger partial charge in [-0.15, -0.1) is 0 Å². The highest BCUT2D eigenvalue weighted by atomic mass is 32.1. The smallest absolute Gasteiger partial charge is 0.150 e. The molecule has 0 atom stereocenters. The largest absolute Gasteiger partial charge is 0.205 e. The third kappa shape index (κ3) is 1.73. The molecule has 0 saturated carbocycles. The van der Waals surface area contributed by atoms with Crippen molar-refractivity contribution < 1.29 is 4.39 Å². The number of benzene rings is 1. The first kappa shape index (κ1) is 8.54. The van der Waals surface area contributed by atoms with Gasteiger partial charge < -0.3 is 0 Å². The molecule has 58 valence electrons. The Morgan fingerprint density at radius 2 is 2.25 bits per heavy atom. The average molecular weight is 178 g/mol. The molecule has 0 spiro atoms. The van der Waals surface area contributed by atoms with Crippen LogP contribution in [0.15, 0.2) is 23.2 Å². The zero-order valence-electron chi connectivity index (χ0n) is 5.91. The molecule has 4 heteroatoms. The van der Waals surface area contributed by atoms with Gasteiger partial charge in [0.2, 0.25) is 0 Å². The summed E-state index contributed by atoms with van der Waals surface area (Å²) in [6.45, 7) is 0. The predicted molar refractivity (Wildman–Crippen MR) is 45.8 cm³/mol. The molecule has 0 fully saturated rings. The summed E-state index contributed by atoms with van der Waals surface area (Å²) < 4.78 is 12.9. The highest BCUT2D eigenvalue weighted by molar-refractivity contribution is 7.78. The van der Waals surface area contributed by atoms with Gasteiger partial charge in [0, 0.05) is 0 Å². The van der Waals surface area contributed by atoms with E-state index in [1.807, 2.05) is 11.2 Å². The van der Waals surface area contributed by atoms with E-state index in [4.69, 9.17) is 5.26 Å². The first-order valence-electron chi connectivity index (χ1n) is 3.05. The Hall–Kier alpha value is -1.56. The molecule has 0 radical (unpaired) electrons. The summed E-state index contributed by atoms with van der Waals surface area (Å²) in [6, 6.07) is 5.76. The van der Waals surface area contributed by atoms with E-state index < -0.39 is 5.82 Å². The third-order valence-electron chi connectivity index (χ3n) is 1.24. The SMILES string of the molecule is N#Cc1ccc(N=C=S)c(F)c1. The molecular formula is C8H3FN2S. The molecule has 0 aliphatic rings. The van der Waals surface area contributed by atoms with Gasteiger partial charge in [0.1, 0.15) is 5.69 Å². The maximum atomic E-state index is 12.9. The van der Waals surface area contributed by atoms with Gasteiger partial charge in [-0.05, 0) is 30.4 Å². The van der Waals surface area contributed by atoms with Crippen LogP contribution in [0.5, 0.6) is 0 Å². The van der Waals surface area contributed by atoms with Crippen LogP contribution in [0, 0.1) is 17.1 Å². The van der Waals surface area contributed by atoms with E-state index in [2.05, 4.69) is 17.2 Å². The van der Waals surface area contributed by atoms with Gasteiger partial charge in [0.25, 0.3) is 0 Å². The molecule has 0 aliphatic heterocycles. The van der Waals surface area contributed by atoms with Crippen molar-refractivity contribution in [2.24, 2.45) is 4.99 Å². The number of halogens is 1. The fourth-order valence-corrected chi connectivity index (χ4v) is 0.815. The molecule has 1 rings (SSSR count). The van der Waals surface area contributed by atoms with Crippen LogP contribution < -0.4 is 0 Å². The molecule has 0 aliphatic carbocycles. The normalized spacial score (nSPS) is 8.33. The van der Waals surface area contributed by atoms with E-state index in [-0.39, 0.29) is 11.3 Å². The molecule has 0 unspecified atom stereocenters. The van der Waals surface area contributed by atoms with Gasteiger partial charge in [-0.1, -0.05) is 0 Å². The van der Waals surface area contributed by atoms with E-state index >= 15 is 0 Å². The highest BCUT2D eigenvalue weighted by Gasteiger charge is 2.00. The van der Waals surface area contributed by atoms with Crippen molar-refractivity contribution in [3.05, 3.63) is 29.6 Å². The Morgan fingerprint density at radius 3 is 2.75 bits per heavy atom. The quantitative estimate of drug-likeness (QED) is 0.489. The van der Waals surface area contributed by atoms with Gasteiger partial charge in [0.15, 0.2) is 5.82 Å². The number of isothiocyanates is 1. The number of nitrogens with zero attached hydrogens (tertiary/aromatic N) is 2. The molecular weight excluding hydrogens is 175 g/mol. The highest BCUT2D eigenvalue weighted by Crippen LogP contribution is 2.17. The monoisotopic (exact) mass is 178 g/mol. The van der Waals surface area contributed by atoms with Crippen LogP contribution in [-0.4, -0.2) is 5.16 Å². The number of rotatable bonds is 1. The van der Waals surface area contributed by atoms with Crippen LogP contribution in [-0.2, 0) is 0 Å². The van der Waals surface area contributed by atoms with E-state index in [0.717, 1.165) is 6.07 Å². The summed E-state index contributed by atoms with van der Waals surface area (Å²) >= 11 is 4.31. The number of nitriles is 1. The zero-order valence-corrected chi connectivity index (χ0v) is 6.73. The Balaban J connectivity index is 3.22. The fraction of sp³-hybridized carbons (Fsp3) is 0. The molecule has 1 aromatic rings. The average Bonchev–Trinajstić information content (AvgIpc) is 2.09. The van der Waals surface area contributed by atoms with Crippen molar-refractivity contribution in [1.29, 1.82) is 5.26 Å². The second-order valence-electron chi connectivity index (χ2n) is 1.98. The Labute approximate surface area is 74.0 Å². The number of hydrogen-bond donors (Lipinski definition) is 0. The van der Waals surface area contributed by atoms with E-state index in [9.17, 15) is 4.39 Å².